The van der Waals surface area contributed by atoms with E-state index in [0.29, 0.717) is 16.0 Å². The lowest BCUT2D eigenvalue weighted by Gasteiger charge is -2.26. The first-order valence-electron chi connectivity index (χ1n) is 7.21. The lowest BCUT2D eigenvalue weighted by atomic mass is 10.1. The number of methoxy groups -OCH3 is 1. The average Bonchev–Trinajstić information content (AvgIpc) is 2.67. The SMILES string of the molecule is COC(=O)c1ccc2c(c1)Sc1ncccc1N(C(C)C)C2=O. The Morgan fingerprint density at radius 3 is 2.78 bits per heavy atom. The minimum atomic E-state index is -0.424. The van der Waals surface area contributed by atoms with Crippen LogP contribution < -0.4 is 4.90 Å². The third-order valence-electron chi connectivity index (χ3n) is 3.59. The van der Waals surface area contributed by atoms with Crippen LogP contribution in [0.15, 0.2) is 46.5 Å². The van der Waals surface area contributed by atoms with Crippen molar-refractivity contribution < 1.29 is 14.3 Å². The molecule has 1 aliphatic rings. The second kappa shape index (κ2) is 6.04. The number of nitrogens with zero attached hydrogens (tertiary/aromatic N) is 2. The number of fused-ring (bicyclic) bond motifs is 2. The summed E-state index contributed by atoms with van der Waals surface area (Å²) in [5.41, 5.74) is 1.77. The van der Waals surface area contributed by atoms with E-state index >= 15 is 0 Å². The van der Waals surface area contributed by atoms with E-state index < -0.39 is 5.97 Å². The molecule has 0 saturated carbocycles. The summed E-state index contributed by atoms with van der Waals surface area (Å²) in [6.07, 6.45) is 1.70. The summed E-state index contributed by atoms with van der Waals surface area (Å²) in [4.78, 5) is 31.5. The molecule has 0 unspecified atom stereocenters. The molecule has 0 saturated heterocycles. The molecular weight excluding hydrogens is 312 g/mol. The van der Waals surface area contributed by atoms with Crippen molar-refractivity contribution in [3.8, 4) is 0 Å². The third kappa shape index (κ3) is 2.70. The zero-order valence-electron chi connectivity index (χ0n) is 13.1. The lowest BCUT2D eigenvalue weighted by molar-refractivity contribution is 0.0600. The Kier molecular flexibility index (Phi) is 4.09. The first-order chi connectivity index (χ1) is 11.0. The van der Waals surface area contributed by atoms with Crippen LogP contribution in [0.5, 0.6) is 0 Å². The number of pyridine rings is 1. The van der Waals surface area contributed by atoms with Gasteiger partial charge in [0.05, 0.1) is 23.9 Å². The van der Waals surface area contributed by atoms with Crippen LogP contribution in [0.1, 0.15) is 34.6 Å². The van der Waals surface area contributed by atoms with Gasteiger partial charge in [-0.3, -0.25) is 4.79 Å². The first-order valence-corrected chi connectivity index (χ1v) is 8.03. The predicted octanol–water partition coefficient (Wildman–Crippen LogP) is 3.39. The molecule has 2 aromatic rings. The van der Waals surface area contributed by atoms with Crippen LogP contribution in [-0.2, 0) is 4.74 Å². The minimum absolute atomic E-state index is 0.00252. The van der Waals surface area contributed by atoms with Crippen molar-refractivity contribution in [3.63, 3.8) is 0 Å². The molecule has 1 aromatic carbocycles. The molecule has 6 heteroatoms. The van der Waals surface area contributed by atoms with E-state index in [9.17, 15) is 9.59 Å². The minimum Gasteiger partial charge on any atom is -0.465 e. The summed E-state index contributed by atoms with van der Waals surface area (Å²) in [6.45, 7) is 3.93. The van der Waals surface area contributed by atoms with Crippen molar-refractivity contribution in [2.75, 3.05) is 12.0 Å². The average molecular weight is 328 g/mol. The van der Waals surface area contributed by atoms with Gasteiger partial charge < -0.3 is 9.64 Å². The zero-order valence-corrected chi connectivity index (χ0v) is 13.9. The zero-order chi connectivity index (χ0) is 16.6. The Bertz CT molecular complexity index is 789. The summed E-state index contributed by atoms with van der Waals surface area (Å²) in [6, 6.07) is 8.69. The number of esters is 1. The number of ether oxygens (including phenoxy) is 1. The number of hydrogen-bond acceptors (Lipinski definition) is 5. The van der Waals surface area contributed by atoms with Crippen LogP contribution >= 0.6 is 11.8 Å². The fourth-order valence-electron chi connectivity index (χ4n) is 2.53. The maximum Gasteiger partial charge on any atom is 0.337 e. The quantitative estimate of drug-likeness (QED) is 0.791. The second-order valence-electron chi connectivity index (χ2n) is 5.40. The summed E-state index contributed by atoms with van der Waals surface area (Å²) >= 11 is 1.39. The number of rotatable bonds is 2. The van der Waals surface area contributed by atoms with E-state index in [2.05, 4.69) is 4.98 Å². The normalized spacial score (nSPS) is 13.4. The fourth-order valence-corrected chi connectivity index (χ4v) is 3.57. The highest BCUT2D eigenvalue weighted by atomic mass is 32.2. The van der Waals surface area contributed by atoms with Crippen LogP contribution in [0.25, 0.3) is 0 Å². The second-order valence-corrected chi connectivity index (χ2v) is 6.43. The van der Waals surface area contributed by atoms with Crippen molar-refractivity contribution in [2.45, 2.75) is 29.8 Å². The van der Waals surface area contributed by atoms with E-state index in [1.165, 1.54) is 18.9 Å². The highest BCUT2D eigenvalue weighted by Crippen LogP contribution is 2.41. The van der Waals surface area contributed by atoms with E-state index in [-0.39, 0.29) is 11.9 Å². The third-order valence-corrected chi connectivity index (χ3v) is 4.65. The van der Waals surface area contributed by atoms with Crippen molar-refractivity contribution in [1.82, 2.24) is 4.98 Å². The number of anilines is 1. The van der Waals surface area contributed by atoms with Gasteiger partial charge in [-0.05, 0) is 44.2 Å². The van der Waals surface area contributed by atoms with Gasteiger partial charge in [0, 0.05) is 17.1 Å². The molecule has 1 amide bonds. The van der Waals surface area contributed by atoms with Crippen LogP contribution in [0.4, 0.5) is 5.69 Å². The number of amides is 1. The van der Waals surface area contributed by atoms with E-state index in [1.54, 1.807) is 29.3 Å². The number of carbonyl (C=O) groups excluding carboxylic acids is 2. The fraction of sp³-hybridized carbons (Fsp3) is 0.235. The summed E-state index contributed by atoms with van der Waals surface area (Å²) in [5, 5.41) is 0.746. The van der Waals surface area contributed by atoms with Crippen molar-refractivity contribution >= 4 is 29.3 Å². The number of hydrogen-bond donors (Lipinski definition) is 0. The molecule has 0 spiro atoms. The largest absolute Gasteiger partial charge is 0.465 e. The van der Waals surface area contributed by atoms with Crippen LogP contribution in [0.2, 0.25) is 0 Å². The predicted molar refractivity (Wildman–Crippen MR) is 88.1 cm³/mol. The molecule has 0 bridgehead atoms. The van der Waals surface area contributed by atoms with Crippen LogP contribution in [-0.4, -0.2) is 30.0 Å². The molecule has 23 heavy (non-hydrogen) atoms. The standard InChI is InChI=1S/C17H16N2O3S/c1-10(2)19-13-5-4-8-18-15(13)23-14-9-11(17(21)22-3)6-7-12(14)16(19)20/h4-10H,1-3H3. The van der Waals surface area contributed by atoms with Crippen molar-refractivity contribution in [3.05, 3.63) is 47.7 Å². The van der Waals surface area contributed by atoms with Gasteiger partial charge in [0.2, 0.25) is 0 Å². The molecule has 0 fully saturated rings. The highest BCUT2D eigenvalue weighted by Gasteiger charge is 2.30. The molecule has 118 valence electrons. The van der Waals surface area contributed by atoms with E-state index in [4.69, 9.17) is 4.74 Å². The first kappa shape index (κ1) is 15.6. The molecule has 0 atom stereocenters. The highest BCUT2D eigenvalue weighted by molar-refractivity contribution is 7.99. The molecule has 1 aliphatic heterocycles. The molecule has 0 N–H and O–H groups in total. The topological polar surface area (TPSA) is 59.5 Å². The van der Waals surface area contributed by atoms with Gasteiger partial charge in [0.1, 0.15) is 5.03 Å². The smallest absolute Gasteiger partial charge is 0.337 e. The monoisotopic (exact) mass is 328 g/mol. The van der Waals surface area contributed by atoms with Gasteiger partial charge in [0.25, 0.3) is 5.91 Å². The van der Waals surface area contributed by atoms with Crippen molar-refractivity contribution in [2.24, 2.45) is 0 Å². The van der Waals surface area contributed by atoms with Gasteiger partial charge in [-0.15, -0.1) is 0 Å². The van der Waals surface area contributed by atoms with Gasteiger partial charge in [-0.1, -0.05) is 11.8 Å². The maximum absolute atomic E-state index is 13.0. The number of carbonyl (C=O) groups is 2. The van der Waals surface area contributed by atoms with Crippen LogP contribution in [0.3, 0.4) is 0 Å². The number of benzene rings is 1. The van der Waals surface area contributed by atoms with Crippen molar-refractivity contribution in [1.29, 1.82) is 0 Å². The molecule has 2 heterocycles. The summed E-state index contributed by atoms with van der Waals surface area (Å²) < 4.78 is 4.76. The lowest BCUT2D eigenvalue weighted by Crippen LogP contribution is -2.37. The summed E-state index contributed by atoms with van der Waals surface area (Å²) in [7, 11) is 1.34. The molecule has 1 aromatic heterocycles. The maximum atomic E-state index is 13.0. The summed E-state index contributed by atoms with van der Waals surface area (Å²) in [5.74, 6) is -0.516. The van der Waals surface area contributed by atoms with Gasteiger partial charge in [-0.2, -0.15) is 0 Å². The Morgan fingerprint density at radius 1 is 1.30 bits per heavy atom. The Labute approximate surface area is 138 Å². The molecule has 0 radical (unpaired) electrons. The van der Waals surface area contributed by atoms with Gasteiger partial charge in [-0.25, -0.2) is 9.78 Å². The van der Waals surface area contributed by atoms with E-state index in [0.717, 1.165) is 10.7 Å². The Morgan fingerprint density at radius 2 is 2.09 bits per heavy atom. The molecule has 5 nitrogen and oxygen atoms in total. The van der Waals surface area contributed by atoms with E-state index in [1.807, 2.05) is 26.0 Å². The number of aromatic nitrogens is 1. The Balaban J connectivity index is 2.18. The molecular formula is C17H16N2O3S. The van der Waals surface area contributed by atoms with Crippen LogP contribution in [0, 0.1) is 0 Å². The molecule has 0 aliphatic carbocycles. The van der Waals surface area contributed by atoms with Gasteiger partial charge in [0.15, 0.2) is 0 Å². The Hall–Kier alpha value is -2.34. The molecule has 3 rings (SSSR count). The van der Waals surface area contributed by atoms with Gasteiger partial charge >= 0.3 is 5.97 Å².